The van der Waals surface area contributed by atoms with E-state index in [0.29, 0.717) is 19.6 Å². The van der Waals surface area contributed by atoms with Crippen molar-refractivity contribution in [2.45, 2.75) is 136 Å². The molecule has 0 aromatic carbocycles. The van der Waals surface area contributed by atoms with Crippen LogP contribution in [0.25, 0.3) is 0 Å². The molecular weight excluding hydrogens is 396 g/mol. The van der Waals surface area contributed by atoms with Gasteiger partial charge in [0.05, 0.1) is 38.1 Å². The highest BCUT2D eigenvalue weighted by Crippen LogP contribution is 2.12. The first kappa shape index (κ1) is 32.5. The minimum absolute atomic E-state index is 0.0170. The molecule has 188 valence electrons. The topological polar surface area (TPSA) is 96.2 Å². The maximum Gasteiger partial charge on any atom is 0.303 e. The van der Waals surface area contributed by atoms with Gasteiger partial charge in [0.15, 0.2) is 0 Å². The van der Waals surface area contributed by atoms with E-state index in [1.807, 2.05) is 6.92 Å². The number of rotatable bonds is 21. The van der Waals surface area contributed by atoms with Crippen LogP contribution in [-0.2, 0) is 14.3 Å². The molecule has 0 heterocycles. The van der Waals surface area contributed by atoms with E-state index in [1.165, 1.54) is 70.6 Å². The number of carboxylic acids is 1. The highest BCUT2D eigenvalue weighted by Gasteiger charge is 2.07. The van der Waals surface area contributed by atoms with Crippen LogP contribution in [0, 0.1) is 0 Å². The Morgan fingerprint density at radius 3 is 1.52 bits per heavy atom. The van der Waals surface area contributed by atoms with Crippen molar-refractivity contribution in [3.05, 3.63) is 0 Å². The summed E-state index contributed by atoms with van der Waals surface area (Å²) in [6.45, 7) is 8.36. The fourth-order valence-electron chi connectivity index (χ4n) is 3.00. The van der Waals surface area contributed by atoms with Crippen molar-refractivity contribution in [3.63, 3.8) is 0 Å². The number of hydrogen-bond acceptors (Lipinski definition) is 5. The first-order valence-corrected chi connectivity index (χ1v) is 12.6. The average molecular weight is 449 g/mol. The van der Waals surface area contributed by atoms with Crippen molar-refractivity contribution in [1.82, 2.24) is 0 Å². The smallest absolute Gasteiger partial charge is 0.303 e. The van der Waals surface area contributed by atoms with Crippen LogP contribution in [-0.4, -0.2) is 59.4 Å². The van der Waals surface area contributed by atoms with Gasteiger partial charge in [-0.05, 0) is 27.2 Å². The molecule has 0 saturated carbocycles. The first-order chi connectivity index (χ1) is 14.8. The molecule has 0 aliphatic carbocycles. The Kier molecular flexibility index (Phi) is 26.8. The fourth-order valence-corrected chi connectivity index (χ4v) is 3.00. The molecule has 6 nitrogen and oxygen atoms in total. The van der Waals surface area contributed by atoms with Gasteiger partial charge in [0.25, 0.3) is 0 Å². The third-order valence-electron chi connectivity index (χ3n) is 4.99. The third kappa shape index (κ3) is 31.6. The van der Waals surface area contributed by atoms with Gasteiger partial charge in [-0.15, -0.1) is 0 Å². The molecule has 0 fully saturated rings. The summed E-state index contributed by atoms with van der Waals surface area (Å²) < 4.78 is 10.5. The molecule has 0 aliphatic rings. The Morgan fingerprint density at radius 2 is 1.13 bits per heavy atom. The number of aliphatic hydroxyl groups excluding tert-OH is 2. The van der Waals surface area contributed by atoms with Gasteiger partial charge in [-0.25, -0.2) is 0 Å². The lowest BCUT2D eigenvalue weighted by atomic mass is 10.0. The Labute approximate surface area is 191 Å². The van der Waals surface area contributed by atoms with Gasteiger partial charge in [-0.2, -0.15) is 0 Å². The van der Waals surface area contributed by atoms with Crippen LogP contribution < -0.4 is 0 Å². The van der Waals surface area contributed by atoms with Gasteiger partial charge in [-0.1, -0.05) is 84.0 Å². The number of carbonyl (C=O) groups is 1. The van der Waals surface area contributed by atoms with Crippen molar-refractivity contribution in [2.24, 2.45) is 0 Å². The largest absolute Gasteiger partial charge is 0.481 e. The molecule has 3 unspecified atom stereocenters. The number of hydrogen-bond donors (Lipinski definition) is 3. The average Bonchev–Trinajstić information content (AvgIpc) is 2.74. The maximum atomic E-state index is 10.3. The number of ether oxygens (including phenoxy) is 2. The molecule has 0 rings (SSSR count). The molecule has 0 spiro atoms. The molecule has 0 aromatic rings. The van der Waals surface area contributed by atoms with Crippen LogP contribution in [0.3, 0.4) is 0 Å². The van der Waals surface area contributed by atoms with Gasteiger partial charge in [-0.3, -0.25) is 4.79 Å². The third-order valence-corrected chi connectivity index (χ3v) is 4.99. The zero-order valence-electron chi connectivity index (χ0n) is 20.8. The van der Waals surface area contributed by atoms with E-state index < -0.39 is 12.1 Å². The normalized spacial score (nSPS) is 13.9. The Morgan fingerprint density at radius 1 is 0.710 bits per heavy atom. The lowest BCUT2D eigenvalue weighted by Gasteiger charge is -2.16. The SMILES string of the molecule is CC(O)COC(C)COC(C)CO.CCCCCCCCCCCCCCCC(=O)O. The number of aliphatic hydroxyl groups is 2. The molecule has 0 radical (unpaired) electrons. The monoisotopic (exact) mass is 448 g/mol. The zero-order valence-corrected chi connectivity index (χ0v) is 20.8. The second kappa shape index (κ2) is 25.6. The lowest BCUT2D eigenvalue weighted by Crippen LogP contribution is -2.24. The van der Waals surface area contributed by atoms with Crippen LogP contribution in [0.1, 0.15) is 118 Å². The van der Waals surface area contributed by atoms with Crippen molar-refractivity contribution >= 4 is 5.97 Å². The van der Waals surface area contributed by atoms with Crippen LogP contribution in [0.2, 0.25) is 0 Å². The number of aliphatic carboxylic acids is 1. The minimum Gasteiger partial charge on any atom is -0.481 e. The molecule has 0 bridgehead atoms. The number of unbranched alkanes of at least 4 members (excludes halogenated alkanes) is 12. The summed E-state index contributed by atoms with van der Waals surface area (Å²) in [6, 6.07) is 0. The van der Waals surface area contributed by atoms with Gasteiger partial charge in [0, 0.05) is 6.42 Å². The number of carboxylic acid groups (broad SMARTS) is 1. The van der Waals surface area contributed by atoms with Crippen molar-refractivity contribution in [2.75, 3.05) is 19.8 Å². The highest BCUT2D eigenvalue weighted by molar-refractivity contribution is 5.66. The van der Waals surface area contributed by atoms with E-state index in [1.54, 1.807) is 13.8 Å². The summed E-state index contributed by atoms with van der Waals surface area (Å²) in [5, 5.41) is 26.1. The van der Waals surface area contributed by atoms with E-state index in [9.17, 15) is 4.79 Å². The maximum absolute atomic E-state index is 10.3. The van der Waals surface area contributed by atoms with E-state index in [2.05, 4.69) is 6.92 Å². The van der Waals surface area contributed by atoms with Crippen LogP contribution in [0.4, 0.5) is 0 Å². The highest BCUT2D eigenvalue weighted by atomic mass is 16.5. The second-order valence-electron chi connectivity index (χ2n) is 8.71. The predicted molar refractivity (Wildman–Crippen MR) is 128 cm³/mol. The predicted octanol–water partition coefficient (Wildman–Crippen LogP) is 5.72. The molecule has 3 atom stereocenters. The zero-order chi connectivity index (χ0) is 23.7. The van der Waals surface area contributed by atoms with E-state index in [0.717, 1.165) is 12.8 Å². The van der Waals surface area contributed by atoms with E-state index in [-0.39, 0.29) is 18.8 Å². The fraction of sp³-hybridized carbons (Fsp3) is 0.960. The minimum atomic E-state index is -0.655. The Hall–Kier alpha value is -0.690. The molecule has 31 heavy (non-hydrogen) atoms. The van der Waals surface area contributed by atoms with Crippen molar-refractivity contribution in [1.29, 1.82) is 0 Å². The molecule has 0 aromatic heterocycles. The van der Waals surface area contributed by atoms with Gasteiger partial charge in [0.1, 0.15) is 0 Å². The van der Waals surface area contributed by atoms with Crippen molar-refractivity contribution < 1.29 is 29.6 Å². The molecule has 6 heteroatoms. The molecule has 0 amide bonds. The molecular formula is C25H52O6. The summed E-state index contributed by atoms with van der Waals surface area (Å²) in [7, 11) is 0. The molecule has 0 aliphatic heterocycles. The lowest BCUT2D eigenvalue weighted by molar-refractivity contribution is -0.137. The van der Waals surface area contributed by atoms with Crippen molar-refractivity contribution in [3.8, 4) is 0 Å². The summed E-state index contributed by atoms with van der Waals surface area (Å²) in [6.07, 6.45) is 16.6. The van der Waals surface area contributed by atoms with Crippen LogP contribution in [0.15, 0.2) is 0 Å². The quantitative estimate of drug-likeness (QED) is 0.194. The summed E-state index contributed by atoms with van der Waals surface area (Å²) in [5.74, 6) is -0.655. The van der Waals surface area contributed by atoms with E-state index in [4.69, 9.17) is 24.8 Å². The molecule has 0 saturated heterocycles. The molecule has 3 N–H and O–H groups in total. The van der Waals surface area contributed by atoms with Crippen LogP contribution >= 0.6 is 0 Å². The van der Waals surface area contributed by atoms with Crippen LogP contribution in [0.5, 0.6) is 0 Å². The standard InChI is InChI=1S/C16H32O2.C9H20O4/c1-2-3-4-5-6-7-8-9-10-11-12-13-14-15-16(17)18;1-7(11)5-12-9(3)6-13-8(2)4-10/h2-15H2,1H3,(H,17,18);7-11H,4-6H2,1-3H3. The van der Waals surface area contributed by atoms with Gasteiger partial charge >= 0.3 is 5.97 Å². The van der Waals surface area contributed by atoms with Gasteiger partial charge in [0.2, 0.25) is 0 Å². The summed E-state index contributed by atoms with van der Waals surface area (Å²) in [5.41, 5.74) is 0. The second-order valence-corrected chi connectivity index (χ2v) is 8.71. The first-order valence-electron chi connectivity index (χ1n) is 12.6. The van der Waals surface area contributed by atoms with E-state index >= 15 is 0 Å². The Bertz CT molecular complexity index is 362. The van der Waals surface area contributed by atoms with Gasteiger partial charge < -0.3 is 24.8 Å². The summed E-state index contributed by atoms with van der Waals surface area (Å²) in [4.78, 5) is 10.3. The summed E-state index contributed by atoms with van der Waals surface area (Å²) >= 11 is 0. The Balaban J connectivity index is 0.